The van der Waals surface area contributed by atoms with Gasteiger partial charge in [0.2, 0.25) is 5.91 Å². The van der Waals surface area contributed by atoms with Crippen LogP contribution in [0.4, 0.5) is 0 Å². The number of benzene rings is 1. The molecular weight excluding hydrogens is 256 g/mol. The average Bonchev–Trinajstić information content (AvgIpc) is 2.40. The Balaban J connectivity index is 2.37. The van der Waals surface area contributed by atoms with Gasteiger partial charge in [-0.1, -0.05) is 17.2 Å². The van der Waals surface area contributed by atoms with Crippen LogP contribution in [-0.2, 0) is 9.53 Å². The lowest BCUT2D eigenvalue weighted by Crippen LogP contribution is -2.38. The standard InChI is InChI=1S/C15H22N2O3/c1-4-20-6-5-16-14(18)10-17-15(19)13-8-11(2)7-12(3)9-13/h7-9H,4-6,10H2,1-3H3,(H,16,18)(H,17,19). The Morgan fingerprint density at radius 1 is 1.10 bits per heavy atom. The fraction of sp³-hybridized carbons (Fsp3) is 0.467. The molecule has 1 aromatic rings. The molecule has 2 N–H and O–H groups in total. The molecule has 0 heterocycles. The molecule has 1 rings (SSSR count). The van der Waals surface area contributed by atoms with Crippen molar-refractivity contribution in [1.82, 2.24) is 10.6 Å². The maximum Gasteiger partial charge on any atom is 0.251 e. The third-order valence-corrected chi connectivity index (χ3v) is 2.67. The van der Waals surface area contributed by atoms with Crippen LogP contribution in [0.25, 0.3) is 0 Å². The van der Waals surface area contributed by atoms with Gasteiger partial charge in [0.15, 0.2) is 0 Å². The zero-order chi connectivity index (χ0) is 15.0. The van der Waals surface area contributed by atoms with E-state index < -0.39 is 0 Å². The Morgan fingerprint density at radius 3 is 2.35 bits per heavy atom. The number of carbonyl (C=O) groups excluding carboxylic acids is 2. The molecule has 20 heavy (non-hydrogen) atoms. The second-order valence-corrected chi connectivity index (χ2v) is 4.61. The summed E-state index contributed by atoms with van der Waals surface area (Å²) in [6, 6.07) is 5.60. The number of ether oxygens (including phenoxy) is 1. The van der Waals surface area contributed by atoms with E-state index in [0.717, 1.165) is 11.1 Å². The molecule has 0 radical (unpaired) electrons. The number of carbonyl (C=O) groups is 2. The normalized spacial score (nSPS) is 10.2. The van der Waals surface area contributed by atoms with Gasteiger partial charge in [0.1, 0.15) is 0 Å². The van der Waals surface area contributed by atoms with E-state index >= 15 is 0 Å². The van der Waals surface area contributed by atoms with Crippen LogP contribution in [0.5, 0.6) is 0 Å². The highest BCUT2D eigenvalue weighted by Crippen LogP contribution is 2.08. The Hall–Kier alpha value is -1.88. The van der Waals surface area contributed by atoms with E-state index in [9.17, 15) is 9.59 Å². The van der Waals surface area contributed by atoms with Crippen molar-refractivity contribution in [2.45, 2.75) is 20.8 Å². The third-order valence-electron chi connectivity index (χ3n) is 2.67. The number of hydrogen-bond acceptors (Lipinski definition) is 3. The van der Waals surface area contributed by atoms with Crippen molar-refractivity contribution >= 4 is 11.8 Å². The molecule has 0 saturated carbocycles. The predicted molar refractivity (Wildman–Crippen MR) is 77.8 cm³/mol. The highest BCUT2D eigenvalue weighted by atomic mass is 16.5. The molecule has 0 atom stereocenters. The minimum Gasteiger partial charge on any atom is -0.380 e. The van der Waals surface area contributed by atoms with Gasteiger partial charge in [-0.05, 0) is 32.9 Å². The van der Waals surface area contributed by atoms with Crippen molar-refractivity contribution in [3.63, 3.8) is 0 Å². The van der Waals surface area contributed by atoms with E-state index in [1.807, 2.05) is 26.8 Å². The van der Waals surface area contributed by atoms with Crippen molar-refractivity contribution in [2.24, 2.45) is 0 Å². The molecule has 5 heteroatoms. The average molecular weight is 278 g/mol. The monoisotopic (exact) mass is 278 g/mol. The van der Waals surface area contributed by atoms with E-state index in [2.05, 4.69) is 10.6 Å². The Morgan fingerprint density at radius 2 is 1.75 bits per heavy atom. The molecule has 0 aliphatic rings. The van der Waals surface area contributed by atoms with Crippen LogP contribution in [0.3, 0.4) is 0 Å². The van der Waals surface area contributed by atoms with Crippen molar-refractivity contribution in [3.05, 3.63) is 34.9 Å². The van der Waals surface area contributed by atoms with Crippen LogP contribution in [0.15, 0.2) is 18.2 Å². The van der Waals surface area contributed by atoms with Gasteiger partial charge in [0.25, 0.3) is 5.91 Å². The quantitative estimate of drug-likeness (QED) is 0.736. The minimum absolute atomic E-state index is 0.0298. The first kappa shape index (κ1) is 16.2. The molecule has 0 saturated heterocycles. The van der Waals surface area contributed by atoms with Crippen LogP contribution in [-0.4, -0.2) is 38.1 Å². The number of hydrogen-bond donors (Lipinski definition) is 2. The van der Waals surface area contributed by atoms with Gasteiger partial charge in [-0.2, -0.15) is 0 Å². The number of aryl methyl sites for hydroxylation is 2. The fourth-order valence-corrected chi connectivity index (χ4v) is 1.84. The maximum absolute atomic E-state index is 11.9. The molecule has 5 nitrogen and oxygen atoms in total. The Labute approximate surface area is 119 Å². The first-order valence-electron chi connectivity index (χ1n) is 6.74. The first-order chi connectivity index (χ1) is 9.52. The fourth-order valence-electron chi connectivity index (χ4n) is 1.84. The molecule has 0 aliphatic heterocycles. The summed E-state index contributed by atoms with van der Waals surface area (Å²) in [6.07, 6.45) is 0. The van der Waals surface area contributed by atoms with Gasteiger partial charge in [0.05, 0.1) is 13.2 Å². The topological polar surface area (TPSA) is 67.4 Å². The van der Waals surface area contributed by atoms with Gasteiger partial charge in [0, 0.05) is 18.7 Å². The summed E-state index contributed by atoms with van der Waals surface area (Å²) in [5.74, 6) is -0.459. The van der Waals surface area contributed by atoms with Crippen LogP contribution >= 0.6 is 0 Å². The molecule has 0 bridgehead atoms. The largest absolute Gasteiger partial charge is 0.380 e. The summed E-state index contributed by atoms with van der Waals surface area (Å²) in [4.78, 5) is 23.4. The van der Waals surface area contributed by atoms with Crippen LogP contribution in [0.1, 0.15) is 28.4 Å². The van der Waals surface area contributed by atoms with Gasteiger partial charge < -0.3 is 15.4 Å². The summed E-state index contributed by atoms with van der Waals surface area (Å²) in [6.45, 7) is 7.29. The second kappa shape index (κ2) is 8.32. The number of rotatable bonds is 7. The van der Waals surface area contributed by atoms with E-state index in [0.29, 0.717) is 25.3 Å². The van der Waals surface area contributed by atoms with Gasteiger partial charge >= 0.3 is 0 Å². The second-order valence-electron chi connectivity index (χ2n) is 4.61. The molecule has 0 fully saturated rings. The molecule has 110 valence electrons. The third kappa shape index (κ3) is 5.84. The van der Waals surface area contributed by atoms with E-state index in [1.165, 1.54) is 0 Å². The van der Waals surface area contributed by atoms with Crippen molar-refractivity contribution in [1.29, 1.82) is 0 Å². The molecule has 0 aliphatic carbocycles. The summed E-state index contributed by atoms with van der Waals surface area (Å²) < 4.78 is 5.10. The number of nitrogens with one attached hydrogen (secondary N) is 2. The van der Waals surface area contributed by atoms with Crippen molar-refractivity contribution in [2.75, 3.05) is 26.3 Å². The summed E-state index contributed by atoms with van der Waals surface area (Å²) in [5, 5.41) is 5.27. The van der Waals surface area contributed by atoms with Gasteiger partial charge in [-0.25, -0.2) is 0 Å². The summed E-state index contributed by atoms with van der Waals surface area (Å²) in [7, 11) is 0. The van der Waals surface area contributed by atoms with Crippen molar-refractivity contribution < 1.29 is 14.3 Å². The SMILES string of the molecule is CCOCCNC(=O)CNC(=O)c1cc(C)cc(C)c1. The van der Waals surface area contributed by atoms with Gasteiger partial charge in [-0.3, -0.25) is 9.59 Å². The maximum atomic E-state index is 11.9. The highest BCUT2D eigenvalue weighted by Gasteiger charge is 2.08. The lowest BCUT2D eigenvalue weighted by atomic mass is 10.1. The lowest BCUT2D eigenvalue weighted by Gasteiger charge is -2.08. The van der Waals surface area contributed by atoms with E-state index in [4.69, 9.17) is 4.74 Å². The molecule has 0 aromatic heterocycles. The van der Waals surface area contributed by atoms with Gasteiger partial charge in [-0.15, -0.1) is 0 Å². The van der Waals surface area contributed by atoms with Crippen LogP contribution < -0.4 is 10.6 Å². The predicted octanol–water partition coefficient (Wildman–Crippen LogP) is 1.19. The Bertz CT molecular complexity index is 452. The Kier molecular flexibility index (Phi) is 6.73. The molecule has 1 aromatic carbocycles. The molecule has 2 amide bonds. The van der Waals surface area contributed by atoms with Crippen LogP contribution in [0, 0.1) is 13.8 Å². The first-order valence-corrected chi connectivity index (χ1v) is 6.74. The van der Waals surface area contributed by atoms with Crippen molar-refractivity contribution in [3.8, 4) is 0 Å². The zero-order valence-electron chi connectivity index (χ0n) is 12.3. The summed E-state index contributed by atoms with van der Waals surface area (Å²) >= 11 is 0. The zero-order valence-corrected chi connectivity index (χ0v) is 12.3. The summed E-state index contributed by atoms with van der Waals surface area (Å²) in [5.41, 5.74) is 2.62. The molecule has 0 spiro atoms. The van der Waals surface area contributed by atoms with E-state index in [-0.39, 0.29) is 18.4 Å². The van der Waals surface area contributed by atoms with Crippen LogP contribution in [0.2, 0.25) is 0 Å². The smallest absolute Gasteiger partial charge is 0.251 e. The highest BCUT2D eigenvalue weighted by molar-refractivity contribution is 5.96. The molecule has 0 unspecified atom stereocenters. The lowest BCUT2D eigenvalue weighted by molar-refractivity contribution is -0.120. The van der Waals surface area contributed by atoms with E-state index in [1.54, 1.807) is 12.1 Å². The minimum atomic E-state index is -0.239. The molecular formula is C15H22N2O3. The number of amides is 2.